The molecule has 1 aliphatic heterocycles. The monoisotopic (exact) mass is 305 g/mol. The van der Waals surface area contributed by atoms with Crippen molar-refractivity contribution < 1.29 is 4.79 Å². The molecule has 0 spiro atoms. The van der Waals surface area contributed by atoms with Gasteiger partial charge < -0.3 is 4.90 Å². The molecule has 0 atom stereocenters. The number of halogens is 2. The highest BCUT2D eigenvalue weighted by Crippen LogP contribution is 2.28. The van der Waals surface area contributed by atoms with E-state index in [4.69, 9.17) is 23.2 Å². The molecule has 2 aromatic rings. The summed E-state index contributed by atoms with van der Waals surface area (Å²) in [5.41, 5.74) is 3.05. The Balaban J connectivity index is 1.79. The normalized spacial score (nSPS) is 13.4. The Morgan fingerprint density at radius 1 is 1.10 bits per heavy atom. The number of Topliss-reactive ketones (excluding diaryl/α,β-unsaturated/α-hetero) is 1. The van der Waals surface area contributed by atoms with Gasteiger partial charge in [-0.25, -0.2) is 0 Å². The standard InChI is InChI=1S/C16H13Cl2NO/c17-13-6-5-12(9-14(13)18)16(20)10-19-8-7-11-3-1-2-4-15(11)19/h1-6,9H,7-8,10H2. The topological polar surface area (TPSA) is 20.3 Å². The number of carbonyl (C=O) groups excluding carboxylic acids is 1. The molecular weight excluding hydrogens is 293 g/mol. The summed E-state index contributed by atoms with van der Waals surface area (Å²) in [7, 11) is 0. The van der Waals surface area contributed by atoms with Crippen LogP contribution in [0, 0.1) is 0 Å². The maximum absolute atomic E-state index is 12.3. The number of hydrogen-bond acceptors (Lipinski definition) is 2. The lowest BCUT2D eigenvalue weighted by molar-refractivity contribution is 0.0999. The smallest absolute Gasteiger partial charge is 0.182 e. The quantitative estimate of drug-likeness (QED) is 0.791. The molecule has 2 aromatic carbocycles. The van der Waals surface area contributed by atoms with Crippen molar-refractivity contribution in [1.82, 2.24) is 0 Å². The van der Waals surface area contributed by atoms with Gasteiger partial charge >= 0.3 is 0 Å². The fourth-order valence-electron chi connectivity index (χ4n) is 2.51. The van der Waals surface area contributed by atoms with E-state index in [0.717, 1.165) is 18.7 Å². The van der Waals surface area contributed by atoms with Crippen LogP contribution >= 0.6 is 23.2 Å². The Hall–Kier alpha value is -1.51. The zero-order valence-corrected chi connectivity index (χ0v) is 12.3. The van der Waals surface area contributed by atoms with E-state index in [2.05, 4.69) is 17.0 Å². The third kappa shape index (κ3) is 2.54. The van der Waals surface area contributed by atoms with Crippen molar-refractivity contribution in [2.75, 3.05) is 18.0 Å². The van der Waals surface area contributed by atoms with E-state index in [0.29, 0.717) is 22.2 Å². The average Bonchev–Trinajstić information content (AvgIpc) is 2.85. The second-order valence-corrected chi connectivity index (χ2v) is 5.67. The molecule has 0 bridgehead atoms. The Morgan fingerprint density at radius 2 is 1.90 bits per heavy atom. The minimum absolute atomic E-state index is 0.0558. The molecule has 1 heterocycles. The van der Waals surface area contributed by atoms with Gasteiger partial charge in [-0.15, -0.1) is 0 Å². The van der Waals surface area contributed by atoms with E-state index in [1.165, 1.54) is 5.56 Å². The summed E-state index contributed by atoms with van der Waals surface area (Å²) in [4.78, 5) is 14.4. The zero-order chi connectivity index (χ0) is 14.1. The van der Waals surface area contributed by atoms with Crippen LogP contribution in [0.5, 0.6) is 0 Å². The third-order valence-electron chi connectivity index (χ3n) is 3.56. The maximum atomic E-state index is 12.3. The molecule has 0 aromatic heterocycles. The highest BCUT2D eigenvalue weighted by molar-refractivity contribution is 6.42. The molecule has 0 N–H and O–H groups in total. The van der Waals surface area contributed by atoms with Crippen LogP contribution in [0.3, 0.4) is 0 Å². The van der Waals surface area contributed by atoms with Crippen LogP contribution in [0.25, 0.3) is 0 Å². The molecule has 0 radical (unpaired) electrons. The molecule has 102 valence electrons. The molecule has 4 heteroatoms. The van der Waals surface area contributed by atoms with Crippen LogP contribution in [0.15, 0.2) is 42.5 Å². The summed E-state index contributed by atoms with van der Waals surface area (Å²) in [6.45, 7) is 1.25. The number of para-hydroxylation sites is 1. The van der Waals surface area contributed by atoms with E-state index < -0.39 is 0 Å². The van der Waals surface area contributed by atoms with Gasteiger partial charge in [0.05, 0.1) is 16.6 Å². The first-order valence-corrected chi connectivity index (χ1v) is 7.22. The zero-order valence-electron chi connectivity index (χ0n) is 10.8. The van der Waals surface area contributed by atoms with E-state index in [1.807, 2.05) is 12.1 Å². The van der Waals surface area contributed by atoms with E-state index in [-0.39, 0.29) is 5.78 Å². The number of anilines is 1. The number of nitrogens with zero attached hydrogens (tertiary/aromatic N) is 1. The number of hydrogen-bond donors (Lipinski definition) is 0. The maximum Gasteiger partial charge on any atom is 0.182 e. The van der Waals surface area contributed by atoms with Crippen molar-refractivity contribution in [3.63, 3.8) is 0 Å². The number of carbonyl (C=O) groups is 1. The molecule has 0 saturated carbocycles. The third-order valence-corrected chi connectivity index (χ3v) is 4.30. The van der Waals surface area contributed by atoms with Crippen LogP contribution < -0.4 is 4.90 Å². The average molecular weight is 306 g/mol. The lowest BCUT2D eigenvalue weighted by atomic mass is 10.1. The van der Waals surface area contributed by atoms with Gasteiger partial charge in [0, 0.05) is 17.8 Å². The van der Waals surface area contributed by atoms with E-state index >= 15 is 0 Å². The van der Waals surface area contributed by atoms with Gasteiger partial charge in [-0.05, 0) is 36.2 Å². The molecule has 20 heavy (non-hydrogen) atoms. The van der Waals surface area contributed by atoms with Gasteiger partial charge in [0.1, 0.15) is 0 Å². The van der Waals surface area contributed by atoms with Crippen molar-refractivity contribution in [3.8, 4) is 0 Å². The molecule has 0 fully saturated rings. The largest absolute Gasteiger partial charge is 0.363 e. The number of rotatable bonds is 3. The molecule has 3 rings (SSSR count). The predicted octanol–water partition coefficient (Wildman–Crippen LogP) is 4.24. The molecule has 0 aliphatic carbocycles. The Bertz CT molecular complexity index is 669. The highest BCUT2D eigenvalue weighted by Gasteiger charge is 2.21. The summed E-state index contributed by atoms with van der Waals surface area (Å²) in [5.74, 6) is 0.0558. The van der Waals surface area contributed by atoms with Gasteiger partial charge in [0.25, 0.3) is 0 Å². The lowest BCUT2D eigenvalue weighted by Gasteiger charge is -2.18. The lowest BCUT2D eigenvalue weighted by Crippen LogP contribution is -2.28. The van der Waals surface area contributed by atoms with Crippen LogP contribution in [-0.2, 0) is 6.42 Å². The highest BCUT2D eigenvalue weighted by atomic mass is 35.5. The fourth-order valence-corrected chi connectivity index (χ4v) is 2.80. The van der Waals surface area contributed by atoms with Crippen LogP contribution in [0.1, 0.15) is 15.9 Å². The summed E-state index contributed by atoms with van der Waals surface area (Å²) in [5, 5.41) is 0.883. The number of ketones is 1. The minimum Gasteiger partial charge on any atom is -0.363 e. The molecule has 2 nitrogen and oxygen atoms in total. The summed E-state index contributed by atoms with van der Waals surface area (Å²) >= 11 is 11.8. The Labute approximate surface area is 127 Å². The fraction of sp³-hybridized carbons (Fsp3) is 0.188. The second-order valence-electron chi connectivity index (χ2n) is 4.85. The molecule has 1 aliphatic rings. The van der Waals surface area contributed by atoms with Crippen molar-refractivity contribution in [1.29, 1.82) is 0 Å². The van der Waals surface area contributed by atoms with Crippen molar-refractivity contribution in [2.24, 2.45) is 0 Å². The van der Waals surface area contributed by atoms with Gasteiger partial charge in [0.15, 0.2) is 5.78 Å². The van der Waals surface area contributed by atoms with Crippen molar-refractivity contribution >= 4 is 34.7 Å². The van der Waals surface area contributed by atoms with Gasteiger partial charge in [0.2, 0.25) is 0 Å². The predicted molar refractivity (Wildman–Crippen MR) is 83.2 cm³/mol. The van der Waals surface area contributed by atoms with Crippen molar-refractivity contribution in [3.05, 3.63) is 63.6 Å². The van der Waals surface area contributed by atoms with Gasteiger partial charge in [-0.3, -0.25) is 4.79 Å². The first-order chi connectivity index (χ1) is 9.65. The minimum atomic E-state index is 0.0558. The summed E-state index contributed by atoms with van der Waals surface area (Å²) < 4.78 is 0. The number of benzene rings is 2. The van der Waals surface area contributed by atoms with Crippen LogP contribution in [0.4, 0.5) is 5.69 Å². The van der Waals surface area contributed by atoms with Crippen molar-refractivity contribution in [2.45, 2.75) is 6.42 Å². The molecule has 0 unspecified atom stereocenters. The van der Waals surface area contributed by atoms with Crippen LogP contribution in [-0.4, -0.2) is 18.9 Å². The van der Waals surface area contributed by atoms with Gasteiger partial charge in [-0.1, -0.05) is 41.4 Å². The van der Waals surface area contributed by atoms with E-state index in [9.17, 15) is 4.79 Å². The molecule has 0 amide bonds. The Kier molecular flexibility index (Phi) is 3.68. The summed E-state index contributed by atoms with van der Waals surface area (Å²) in [6, 6.07) is 13.2. The SMILES string of the molecule is O=C(CN1CCc2ccccc21)c1ccc(Cl)c(Cl)c1. The first-order valence-electron chi connectivity index (χ1n) is 6.46. The van der Waals surface area contributed by atoms with Gasteiger partial charge in [-0.2, -0.15) is 0 Å². The van der Waals surface area contributed by atoms with Crippen LogP contribution in [0.2, 0.25) is 10.0 Å². The second kappa shape index (κ2) is 5.47. The number of fused-ring (bicyclic) bond motifs is 1. The molecule has 0 saturated heterocycles. The van der Waals surface area contributed by atoms with E-state index in [1.54, 1.807) is 18.2 Å². The Morgan fingerprint density at radius 3 is 2.70 bits per heavy atom. The summed E-state index contributed by atoms with van der Waals surface area (Å²) in [6.07, 6.45) is 0.991. The first kappa shape index (κ1) is 13.5. The molecular formula is C16H13Cl2NO.